The van der Waals surface area contributed by atoms with Crippen LogP contribution in [0.5, 0.6) is 0 Å². The van der Waals surface area contributed by atoms with Crippen LogP contribution in [-0.4, -0.2) is 28.8 Å². The average Bonchev–Trinajstić information content (AvgIpc) is 3.14. The zero-order valence-electron chi connectivity index (χ0n) is 13.1. The molecule has 6 heteroatoms. The van der Waals surface area contributed by atoms with E-state index in [4.69, 9.17) is 4.42 Å². The van der Waals surface area contributed by atoms with Gasteiger partial charge in [-0.15, -0.1) is 0 Å². The lowest BCUT2D eigenvalue weighted by molar-refractivity contribution is 0.133. The van der Waals surface area contributed by atoms with Gasteiger partial charge in [0, 0.05) is 23.7 Å². The Morgan fingerprint density at radius 3 is 3.00 bits per heavy atom. The third-order valence-electron chi connectivity index (χ3n) is 4.13. The predicted molar refractivity (Wildman–Crippen MR) is 87.0 cm³/mol. The normalized spacial score (nSPS) is 20.4. The second kappa shape index (κ2) is 6.83. The molecule has 0 radical (unpaired) electrons. The molecule has 2 aromatic rings. The number of hydrogen-bond donors (Lipinski definition) is 3. The van der Waals surface area contributed by atoms with E-state index < -0.39 is 0 Å². The van der Waals surface area contributed by atoms with Gasteiger partial charge in [0.15, 0.2) is 0 Å². The quantitative estimate of drug-likeness (QED) is 0.809. The van der Waals surface area contributed by atoms with Crippen molar-refractivity contribution in [3.05, 3.63) is 36.2 Å². The molecule has 0 bridgehead atoms. The van der Waals surface area contributed by atoms with E-state index in [1.165, 1.54) is 0 Å². The van der Waals surface area contributed by atoms with Crippen LogP contribution >= 0.6 is 0 Å². The van der Waals surface area contributed by atoms with E-state index in [1.807, 2.05) is 31.2 Å². The molecule has 1 heterocycles. The Morgan fingerprint density at radius 1 is 1.43 bits per heavy atom. The molecule has 122 valence electrons. The monoisotopic (exact) mass is 315 g/mol. The Hall–Kier alpha value is -2.34. The van der Waals surface area contributed by atoms with Gasteiger partial charge >= 0.3 is 6.03 Å². The first kappa shape index (κ1) is 15.6. The summed E-state index contributed by atoms with van der Waals surface area (Å²) in [7, 11) is 0. The van der Waals surface area contributed by atoms with E-state index in [2.05, 4.69) is 15.6 Å². The number of urea groups is 1. The smallest absolute Gasteiger partial charge is 0.319 e. The maximum Gasteiger partial charge on any atom is 0.319 e. The summed E-state index contributed by atoms with van der Waals surface area (Å²) in [6.07, 6.45) is 4.17. The van der Waals surface area contributed by atoms with E-state index in [0.717, 1.165) is 30.6 Å². The van der Waals surface area contributed by atoms with Crippen LogP contribution in [0.2, 0.25) is 0 Å². The molecular weight excluding hydrogens is 294 g/mol. The van der Waals surface area contributed by atoms with Crippen molar-refractivity contribution in [2.24, 2.45) is 5.92 Å². The molecule has 2 amide bonds. The minimum absolute atomic E-state index is 0.155. The molecule has 1 aromatic carbocycles. The first-order valence-electron chi connectivity index (χ1n) is 7.87. The first-order chi connectivity index (χ1) is 11.1. The molecule has 1 fully saturated rings. The van der Waals surface area contributed by atoms with Crippen molar-refractivity contribution in [1.82, 2.24) is 10.3 Å². The van der Waals surface area contributed by atoms with Crippen LogP contribution in [0.25, 0.3) is 11.5 Å². The molecule has 0 unspecified atom stereocenters. The molecule has 2 atom stereocenters. The van der Waals surface area contributed by atoms with Crippen molar-refractivity contribution < 1.29 is 14.3 Å². The highest BCUT2D eigenvalue weighted by atomic mass is 16.4. The van der Waals surface area contributed by atoms with Crippen LogP contribution in [0.3, 0.4) is 0 Å². The number of carbonyl (C=O) groups excluding carboxylic acids is 1. The summed E-state index contributed by atoms with van der Waals surface area (Å²) < 4.78 is 5.49. The van der Waals surface area contributed by atoms with E-state index in [-0.39, 0.29) is 18.1 Å². The van der Waals surface area contributed by atoms with Crippen LogP contribution in [0.1, 0.15) is 25.0 Å². The standard InChI is InChI=1S/C17H21N3O3/c1-11-9-18-16(23-11)12-4-2-6-14(8-12)20-17(22)19-10-13-5-3-7-15(13)21/h2,4,6,8-9,13,15,21H,3,5,7,10H2,1H3,(H2,19,20,22)/t13-,15-/m1/s1. The van der Waals surface area contributed by atoms with Crippen LogP contribution < -0.4 is 10.6 Å². The Morgan fingerprint density at radius 2 is 2.30 bits per heavy atom. The van der Waals surface area contributed by atoms with Gasteiger partial charge in [-0.2, -0.15) is 0 Å². The van der Waals surface area contributed by atoms with Crippen LogP contribution in [-0.2, 0) is 0 Å². The highest BCUT2D eigenvalue weighted by Gasteiger charge is 2.25. The number of aromatic nitrogens is 1. The van der Waals surface area contributed by atoms with E-state index in [9.17, 15) is 9.90 Å². The van der Waals surface area contributed by atoms with Gasteiger partial charge in [-0.05, 0) is 38.0 Å². The van der Waals surface area contributed by atoms with Crippen LogP contribution in [0.15, 0.2) is 34.9 Å². The third-order valence-corrected chi connectivity index (χ3v) is 4.13. The summed E-state index contributed by atoms with van der Waals surface area (Å²) in [6.45, 7) is 2.33. The maximum atomic E-state index is 12.0. The van der Waals surface area contributed by atoms with Gasteiger partial charge in [-0.1, -0.05) is 12.5 Å². The molecule has 1 aliphatic carbocycles. The fourth-order valence-corrected chi connectivity index (χ4v) is 2.87. The van der Waals surface area contributed by atoms with Crippen molar-refractivity contribution in [2.45, 2.75) is 32.3 Å². The van der Waals surface area contributed by atoms with Crippen molar-refractivity contribution in [3.8, 4) is 11.5 Å². The van der Waals surface area contributed by atoms with E-state index >= 15 is 0 Å². The highest BCUT2D eigenvalue weighted by molar-refractivity contribution is 5.89. The van der Waals surface area contributed by atoms with Crippen LogP contribution in [0.4, 0.5) is 10.5 Å². The van der Waals surface area contributed by atoms with E-state index in [1.54, 1.807) is 6.20 Å². The average molecular weight is 315 g/mol. The molecule has 3 rings (SSSR count). The fourth-order valence-electron chi connectivity index (χ4n) is 2.87. The summed E-state index contributed by atoms with van der Waals surface area (Å²) in [4.78, 5) is 16.2. The number of oxazole rings is 1. The molecule has 1 aliphatic rings. The number of carbonyl (C=O) groups is 1. The number of benzene rings is 1. The number of anilines is 1. The summed E-state index contributed by atoms with van der Waals surface area (Å²) in [5.74, 6) is 1.43. The lowest BCUT2D eigenvalue weighted by Crippen LogP contribution is -2.35. The topological polar surface area (TPSA) is 87.4 Å². The molecule has 3 N–H and O–H groups in total. The Bertz CT molecular complexity index is 683. The van der Waals surface area contributed by atoms with Crippen LogP contribution in [0, 0.1) is 12.8 Å². The molecule has 0 aliphatic heterocycles. The summed E-state index contributed by atoms with van der Waals surface area (Å²) in [5, 5.41) is 15.4. The Labute approximate surface area is 134 Å². The SMILES string of the molecule is Cc1cnc(-c2cccc(NC(=O)NC[C@H]3CCC[C@H]3O)c2)o1. The molecule has 1 saturated carbocycles. The number of hydrogen-bond acceptors (Lipinski definition) is 4. The highest BCUT2D eigenvalue weighted by Crippen LogP contribution is 2.25. The molecule has 23 heavy (non-hydrogen) atoms. The molecule has 6 nitrogen and oxygen atoms in total. The van der Waals surface area contributed by atoms with Gasteiger partial charge < -0.3 is 20.2 Å². The van der Waals surface area contributed by atoms with Gasteiger partial charge in [0.1, 0.15) is 5.76 Å². The number of aliphatic hydroxyl groups excluding tert-OH is 1. The zero-order valence-corrected chi connectivity index (χ0v) is 13.1. The largest absolute Gasteiger partial charge is 0.441 e. The number of nitrogens with one attached hydrogen (secondary N) is 2. The van der Waals surface area contributed by atoms with Crippen molar-refractivity contribution in [3.63, 3.8) is 0 Å². The van der Waals surface area contributed by atoms with Gasteiger partial charge in [-0.3, -0.25) is 0 Å². The van der Waals surface area contributed by atoms with E-state index in [0.29, 0.717) is 18.1 Å². The molecule has 0 spiro atoms. The summed E-state index contributed by atoms with van der Waals surface area (Å²) >= 11 is 0. The molecule has 1 aromatic heterocycles. The zero-order chi connectivity index (χ0) is 16.2. The fraction of sp³-hybridized carbons (Fsp3) is 0.412. The molecule has 0 saturated heterocycles. The number of amides is 2. The van der Waals surface area contributed by atoms with Gasteiger partial charge in [-0.25, -0.2) is 9.78 Å². The minimum Gasteiger partial charge on any atom is -0.441 e. The van der Waals surface area contributed by atoms with Crippen molar-refractivity contribution in [1.29, 1.82) is 0 Å². The first-order valence-corrected chi connectivity index (χ1v) is 7.87. The Balaban J connectivity index is 1.58. The summed E-state index contributed by atoms with van der Waals surface area (Å²) in [6, 6.07) is 7.07. The number of aryl methyl sites for hydroxylation is 1. The maximum absolute atomic E-state index is 12.0. The van der Waals surface area contributed by atoms with Gasteiger partial charge in [0.05, 0.1) is 12.3 Å². The lowest BCUT2D eigenvalue weighted by Gasteiger charge is -2.15. The summed E-state index contributed by atoms with van der Waals surface area (Å²) in [5.41, 5.74) is 1.48. The number of nitrogens with zero attached hydrogens (tertiary/aromatic N) is 1. The van der Waals surface area contributed by atoms with Gasteiger partial charge in [0.25, 0.3) is 0 Å². The second-order valence-electron chi connectivity index (χ2n) is 5.95. The minimum atomic E-state index is -0.299. The molecular formula is C17H21N3O3. The lowest BCUT2D eigenvalue weighted by atomic mass is 10.1. The van der Waals surface area contributed by atoms with Crippen molar-refractivity contribution in [2.75, 3.05) is 11.9 Å². The third kappa shape index (κ3) is 3.90. The Kier molecular flexibility index (Phi) is 4.62. The van der Waals surface area contributed by atoms with Crippen molar-refractivity contribution >= 4 is 11.7 Å². The number of aliphatic hydroxyl groups is 1. The van der Waals surface area contributed by atoms with Gasteiger partial charge in [0.2, 0.25) is 5.89 Å². The number of rotatable bonds is 4. The predicted octanol–water partition coefficient (Wildman–Crippen LogP) is 2.93. The second-order valence-corrected chi connectivity index (χ2v) is 5.95.